The third-order valence-electron chi connectivity index (χ3n) is 3.31. The van der Waals surface area contributed by atoms with Crippen LogP contribution in [0.5, 0.6) is 0 Å². The fraction of sp³-hybridized carbons (Fsp3) is 0.636. The number of likely N-dealkylation sites (tertiary alicyclic amines) is 1. The minimum atomic E-state index is -4.84. The average Bonchev–Trinajstić information content (AvgIpc) is 2.69. The molecule has 11 heteroatoms. The summed E-state index contributed by atoms with van der Waals surface area (Å²) in [5, 5.41) is 9.48. The van der Waals surface area contributed by atoms with Crippen LogP contribution in [0.2, 0.25) is 0 Å². The van der Waals surface area contributed by atoms with Crippen LogP contribution in [0.15, 0.2) is 10.9 Å². The third-order valence-corrected chi connectivity index (χ3v) is 3.31. The van der Waals surface area contributed by atoms with Crippen molar-refractivity contribution in [3.8, 4) is 0 Å². The molecular weight excluding hydrogens is 320 g/mol. The third kappa shape index (κ3) is 3.40. The second-order valence-corrected chi connectivity index (χ2v) is 5.07. The molecule has 2 heterocycles. The molecule has 2 N–H and O–H groups in total. The summed E-state index contributed by atoms with van der Waals surface area (Å²) in [5.41, 5.74) is -5.38. The van der Waals surface area contributed by atoms with Crippen molar-refractivity contribution in [2.45, 2.75) is 30.9 Å². The van der Waals surface area contributed by atoms with Crippen LogP contribution in [0.4, 0.5) is 26.3 Å². The topological polar surface area (TPSA) is 69.2 Å². The molecule has 1 aromatic heterocycles. The van der Waals surface area contributed by atoms with Crippen LogP contribution in [-0.2, 0) is 12.7 Å². The van der Waals surface area contributed by atoms with Crippen LogP contribution >= 0.6 is 0 Å². The lowest BCUT2D eigenvalue weighted by Crippen LogP contribution is -2.47. The molecule has 0 radical (unpaired) electrons. The van der Waals surface area contributed by atoms with Crippen LogP contribution < -0.4 is 5.56 Å². The molecule has 0 saturated carbocycles. The van der Waals surface area contributed by atoms with E-state index in [1.54, 1.807) is 0 Å². The molecular formula is C11H11F6N3O2. The molecule has 22 heavy (non-hydrogen) atoms. The number of hydrogen-bond donors (Lipinski definition) is 2. The second-order valence-electron chi connectivity index (χ2n) is 5.07. The number of alkyl halides is 6. The van der Waals surface area contributed by atoms with E-state index in [1.165, 1.54) is 0 Å². The number of β-amino-alcohol motifs (C(OH)–C–C–N with tert-alkyl or cyclic N) is 1. The summed E-state index contributed by atoms with van der Waals surface area (Å²) in [5.74, 6) is -0.411. The van der Waals surface area contributed by atoms with E-state index in [9.17, 15) is 36.2 Å². The SMILES string of the molecule is O=c1cc(C(F)(F)F)nc(CN2CC[C@@](O)(C(F)(F)F)C2)[nH]1. The van der Waals surface area contributed by atoms with E-state index in [4.69, 9.17) is 0 Å². The van der Waals surface area contributed by atoms with Gasteiger partial charge in [0.1, 0.15) is 5.82 Å². The highest BCUT2D eigenvalue weighted by Gasteiger charge is 2.56. The van der Waals surface area contributed by atoms with Gasteiger partial charge in [0.2, 0.25) is 0 Å². The Hall–Kier alpha value is -1.62. The van der Waals surface area contributed by atoms with Crippen LogP contribution in [-0.4, -0.2) is 44.8 Å². The molecule has 1 aromatic rings. The van der Waals surface area contributed by atoms with Gasteiger partial charge in [-0.15, -0.1) is 0 Å². The highest BCUT2D eigenvalue weighted by Crippen LogP contribution is 2.37. The number of aliphatic hydroxyl groups is 1. The maximum Gasteiger partial charge on any atom is 0.433 e. The van der Waals surface area contributed by atoms with Gasteiger partial charge in [-0.1, -0.05) is 0 Å². The predicted molar refractivity (Wildman–Crippen MR) is 60.8 cm³/mol. The van der Waals surface area contributed by atoms with Gasteiger partial charge in [-0.05, 0) is 6.42 Å². The highest BCUT2D eigenvalue weighted by molar-refractivity contribution is 5.07. The van der Waals surface area contributed by atoms with Crippen LogP contribution in [0.25, 0.3) is 0 Å². The van der Waals surface area contributed by atoms with Gasteiger partial charge in [-0.25, -0.2) is 4.98 Å². The van der Waals surface area contributed by atoms with Crippen molar-refractivity contribution >= 4 is 0 Å². The minimum absolute atomic E-state index is 0.185. The molecule has 2 rings (SSSR count). The van der Waals surface area contributed by atoms with E-state index in [0.717, 1.165) is 4.90 Å². The molecule has 1 fully saturated rings. The van der Waals surface area contributed by atoms with Crippen molar-refractivity contribution in [2.24, 2.45) is 0 Å². The highest BCUT2D eigenvalue weighted by atomic mass is 19.4. The number of rotatable bonds is 2. The Morgan fingerprint density at radius 3 is 2.45 bits per heavy atom. The Kier molecular flexibility index (Phi) is 3.98. The van der Waals surface area contributed by atoms with E-state index < -0.39 is 54.5 Å². The normalized spacial score (nSPS) is 24.0. The van der Waals surface area contributed by atoms with Crippen molar-refractivity contribution in [3.05, 3.63) is 27.9 Å². The van der Waals surface area contributed by atoms with Crippen LogP contribution in [0.1, 0.15) is 17.9 Å². The molecule has 1 aliphatic rings. The van der Waals surface area contributed by atoms with Gasteiger partial charge >= 0.3 is 12.4 Å². The largest absolute Gasteiger partial charge is 0.433 e. The Bertz CT molecular complexity index is 611. The number of aromatic amines is 1. The number of hydrogen-bond acceptors (Lipinski definition) is 4. The smallest absolute Gasteiger partial charge is 0.379 e. The summed E-state index contributed by atoms with van der Waals surface area (Å²) in [6.45, 7) is -1.41. The first-order chi connectivity index (χ1) is 9.91. The van der Waals surface area contributed by atoms with Crippen molar-refractivity contribution in [1.82, 2.24) is 14.9 Å². The van der Waals surface area contributed by atoms with Gasteiger partial charge in [-0.2, -0.15) is 26.3 Å². The van der Waals surface area contributed by atoms with Crippen LogP contribution in [0, 0.1) is 0 Å². The van der Waals surface area contributed by atoms with E-state index in [-0.39, 0.29) is 12.6 Å². The van der Waals surface area contributed by atoms with Gasteiger partial charge in [0, 0.05) is 19.2 Å². The predicted octanol–water partition coefficient (Wildman–Crippen LogP) is 1.29. The molecule has 0 aliphatic carbocycles. The summed E-state index contributed by atoms with van der Waals surface area (Å²) in [6, 6.07) is 0.263. The van der Waals surface area contributed by atoms with E-state index >= 15 is 0 Å². The Labute approximate surface area is 119 Å². The zero-order valence-electron chi connectivity index (χ0n) is 10.9. The number of H-pyrrole nitrogens is 1. The van der Waals surface area contributed by atoms with Crippen LogP contribution in [0.3, 0.4) is 0 Å². The van der Waals surface area contributed by atoms with E-state index in [2.05, 4.69) is 4.98 Å². The summed E-state index contributed by atoms with van der Waals surface area (Å²) in [4.78, 5) is 17.5. The molecule has 5 nitrogen and oxygen atoms in total. The molecule has 0 amide bonds. The summed E-state index contributed by atoms with van der Waals surface area (Å²) in [7, 11) is 0. The number of nitrogens with one attached hydrogen (secondary N) is 1. The Morgan fingerprint density at radius 1 is 1.32 bits per heavy atom. The molecule has 0 unspecified atom stereocenters. The second kappa shape index (κ2) is 5.23. The molecule has 1 aliphatic heterocycles. The standard InChI is InChI=1S/C11H11F6N3O2/c12-10(13,14)6-3-8(21)19-7(18-6)4-20-2-1-9(22,5-20)11(15,16)17/h3,22H,1-2,4-5H2,(H,18,19,21)/t9-/m0/s1. The Balaban J connectivity index is 2.16. The fourth-order valence-corrected chi connectivity index (χ4v) is 2.18. The zero-order valence-corrected chi connectivity index (χ0v) is 10.9. The lowest BCUT2D eigenvalue weighted by atomic mass is 10.0. The molecule has 1 atom stereocenters. The molecule has 1 saturated heterocycles. The van der Waals surface area contributed by atoms with Crippen molar-refractivity contribution in [3.63, 3.8) is 0 Å². The summed E-state index contributed by atoms with van der Waals surface area (Å²) >= 11 is 0. The van der Waals surface area contributed by atoms with Gasteiger partial charge in [0.15, 0.2) is 11.3 Å². The molecule has 124 valence electrons. The van der Waals surface area contributed by atoms with Crippen molar-refractivity contribution in [1.29, 1.82) is 0 Å². The maximum absolute atomic E-state index is 12.6. The number of halogens is 6. The first-order valence-electron chi connectivity index (χ1n) is 6.10. The lowest BCUT2D eigenvalue weighted by Gasteiger charge is -2.25. The van der Waals surface area contributed by atoms with Gasteiger partial charge in [0.25, 0.3) is 5.56 Å². The maximum atomic E-state index is 12.6. The first kappa shape index (κ1) is 16.7. The van der Waals surface area contributed by atoms with E-state index in [0.29, 0.717) is 0 Å². The minimum Gasteiger partial charge on any atom is -0.379 e. The summed E-state index contributed by atoms with van der Waals surface area (Å²) in [6.07, 6.45) is -10.3. The number of nitrogens with zero attached hydrogens (tertiary/aromatic N) is 2. The summed E-state index contributed by atoms with van der Waals surface area (Å²) < 4.78 is 75.5. The quantitative estimate of drug-likeness (QED) is 0.802. The monoisotopic (exact) mass is 331 g/mol. The van der Waals surface area contributed by atoms with Gasteiger partial charge < -0.3 is 10.1 Å². The van der Waals surface area contributed by atoms with Gasteiger partial charge in [-0.3, -0.25) is 9.69 Å². The molecule has 0 spiro atoms. The first-order valence-corrected chi connectivity index (χ1v) is 6.10. The van der Waals surface area contributed by atoms with Crippen molar-refractivity contribution < 1.29 is 31.4 Å². The van der Waals surface area contributed by atoms with Crippen molar-refractivity contribution in [2.75, 3.05) is 13.1 Å². The molecule has 0 aromatic carbocycles. The Morgan fingerprint density at radius 2 is 1.95 bits per heavy atom. The number of aromatic nitrogens is 2. The average molecular weight is 331 g/mol. The molecule has 0 bridgehead atoms. The fourth-order valence-electron chi connectivity index (χ4n) is 2.18. The zero-order chi connectivity index (χ0) is 16.8. The van der Waals surface area contributed by atoms with Gasteiger partial charge in [0.05, 0.1) is 6.54 Å². The lowest BCUT2D eigenvalue weighted by molar-refractivity contribution is -0.254. The van der Waals surface area contributed by atoms with E-state index in [1.807, 2.05) is 4.98 Å².